The predicted molar refractivity (Wildman–Crippen MR) is 59.7 cm³/mol. The first-order chi connectivity index (χ1) is 6.88. The van der Waals surface area contributed by atoms with E-state index in [1.165, 1.54) is 12.1 Å². The van der Waals surface area contributed by atoms with Crippen molar-refractivity contribution in [3.63, 3.8) is 0 Å². The second kappa shape index (κ2) is 4.59. The maximum Gasteiger partial charge on any atom is 0.240 e. The summed E-state index contributed by atoms with van der Waals surface area (Å²) in [4.78, 5) is 0.0950. The van der Waals surface area contributed by atoms with E-state index in [4.69, 9.17) is 0 Å². The van der Waals surface area contributed by atoms with Crippen molar-refractivity contribution in [3.05, 3.63) is 28.0 Å². The van der Waals surface area contributed by atoms with Crippen LogP contribution in [0, 0.1) is 12.7 Å². The van der Waals surface area contributed by atoms with E-state index in [0.717, 1.165) is 0 Å². The molecule has 0 aliphatic heterocycles. The molecule has 0 bridgehead atoms. The van der Waals surface area contributed by atoms with E-state index in [2.05, 4.69) is 20.7 Å². The van der Waals surface area contributed by atoms with Gasteiger partial charge in [-0.05, 0) is 40.5 Å². The molecule has 0 aliphatic rings. The van der Waals surface area contributed by atoms with Gasteiger partial charge in [-0.2, -0.15) is 0 Å². The zero-order valence-corrected chi connectivity index (χ0v) is 10.7. The van der Waals surface area contributed by atoms with Crippen LogP contribution in [0.1, 0.15) is 12.5 Å². The van der Waals surface area contributed by atoms with Gasteiger partial charge in [-0.15, -0.1) is 0 Å². The molecule has 0 aliphatic carbocycles. The van der Waals surface area contributed by atoms with Crippen molar-refractivity contribution in [2.45, 2.75) is 18.7 Å². The van der Waals surface area contributed by atoms with Crippen molar-refractivity contribution in [3.8, 4) is 0 Å². The average Bonchev–Trinajstić information content (AvgIpc) is 2.11. The number of rotatable bonds is 3. The van der Waals surface area contributed by atoms with Crippen molar-refractivity contribution in [2.24, 2.45) is 0 Å². The molecule has 1 rings (SSSR count). The Bertz CT molecular complexity index is 473. The molecule has 6 heteroatoms. The van der Waals surface area contributed by atoms with Gasteiger partial charge in [0.1, 0.15) is 5.82 Å². The van der Waals surface area contributed by atoms with Gasteiger partial charge in [-0.3, -0.25) is 0 Å². The molecule has 0 spiro atoms. The van der Waals surface area contributed by atoms with E-state index >= 15 is 0 Å². The number of hydrogen-bond acceptors (Lipinski definition) is 2. The molecule has 0 saturated heterocycles. The molecule has 0 saturated carbocycles. The molecule has 0 unspecified atom stereocenters. The minimum atomic E-state index is -3.53. The topological polar surface area (TPSA) is 46.2 Å². The molecule has 3 nitrogen and oxygen atoms in total. The smallest absolute Gasteiger partial charge is 0.211 e. The van der Waals surface area contributed by atoms with Crippen molar-refractivity contribution in [2.75, 3.05) is 6.54 Å². The van der Waals surface area contributed by atoms with Crippen LogP contribution in [0.2, 0.25) is 0 Å². The van der Waals surface area contributed by atoms with Crippen LogP contribution < -0.4 is 4.72 Å². The van der Waals surface area contributed by atoms with Crippen LogP contribution in [0.25, 0.3) is 0 Å². The van der Waals surface area contributed by atoms with Gasteiger partial charge in [0.15, 0.2) is 0 Å². The summed E-state index contributed by atoms with van der Waals surface area (Å²) in [6, 6.07) is 2.46. The van der Waals surface area contributed by atoms with Gasteiger partial charge in [0.25, 0.3) is 0 Å². The number of aryl methyl sites for hydroxylation is 1. The highest BCUT2D eigenvalue weighted by Gasteiger charge is 2.17. The van der Waals surface area contributed by atoms with Crippen molar-refractivity contribution >= 4 is 26.0 Å². The Morgan fingerprint density at radius 2 is 2.07 bits per heavy atom. The SMILES string of the molecule is CCNS(=O)(=O)c1cc(Br)c(F)cc1C. The summed E-state index contributed by atoms with van der Waals surface area (Å²) in [5.74, 6) is -0.469. The molecule has 0 aromatic heterocycles. The first-order valence-corrected chi connectivity index (χ1v) is 6.61. The van der Waals surface area contributed by atoms with E-state index in [-0.39, 0.29) is 9.37 Å². The highest BCUT2D eigenvalue weighted by Crippen LogP contribution is 2.23. The summed E-state index contributed by atoms with van der Waals surface area (Å²) in [7, 11) is -3.53. The lowest BCUT2D eigenvalue weighted by Gasteiger charge is -2.08. The maximum absolute atomic E-state index is 13.1. The third-order valence-electron chi connectivity index (χ3n) is 1.84. The Labute approximate surface area is 96.9 Å². The van der Waals surface area contributed by atoms with Crippen LogP contribution in [0.5, 0.6) is 0 Å². The first kappa shape index (κ1) is 12.6. The average molecular weight is 296 g/mol. The maximum atomic E-state index is 13.1. The summed E-state index contributed by atoms with van der Waals surface area (Å²) in [6.07, 6.45) is 0. The Hall–Kier alpha value is -0.460. The van der Waals surface area contributed by atoms with Crippen LogP contribution in [-0.4, -0.2) is 15.0 Å². The van der Waals surface area contributed by atoms with Crippen LogP contribution in [0.4, 0.5) is 4.39 Å². The molecule has 1 aromatic carbocycles. The zero-order chi connectivity index (χ0) is 11.6. The molecule has 15 heavy (non-hydrogen) atoms. The summed E-state index contributed by atoms with van der Waals surface area (Å²) < 4.78 is 38.9. The third kappa shape index (κ3) is 2.76. The van der Waals surface area contributed by atoms with Gasteiger partial charge in [-0.25, -0.2) is 17.5 Å². The molecule has 84 valence electrons. The molecular formula is C9H11BrFNO2S. The molecule has 1 aromatic rings. The Kier molecular flexibility index (Phi) is 3.86. The quantitative estimate of drug-likeness (QED) is 0.929. The van der Waals surface area contributed by atoms with Gasteiger partial charge in [0.05, 0.1) is 9.37 Å². The number of nitrogens with one attached hydrogen (secondary N) is 1. The van der Waals surface area contributed by atoms with Gasteiger partial charge in [0, 0.05) is 6.54 Å². The van der Waals surface area contributed by atoms with E-state index in [1.54, 1.807) is 13.8 Å². The van der Waals surface area contributed by atoms with Gasteiger partial charge in [-0.1, -0.05) is 6.92 Å². The van der Waals surface area contributed by atoms with Crippen LogP contribution in [0.15, 0.2) is 21.5 Å². The minimum absolute atomic E-state index is 0.0950. The van der Waals surface area contributed by atoms with Crippen molar-refractivity contribution in [1.29, 1.82) is 0 Å². The van der Waals surface area contributed by atoms with Gasteiger partial charge >= 0.3 is 0 Å². The van der Waals surface area contributed by atoms with Crippen LogP contribution in [0.3, 0.4) is 0 Å². The minimum Gasteiger partial charge on any atom is -0.211 e. The summed E-state index contributed by atoms with van der Waals surface area (Å²) in [5.41, 5.74) is 0.386. The third-order valence-corrected chi connectivity index (χ3v) is 4.14. The van der Waals surface area contributed by atoms with E-state index < -0.39 is 15.8 Å². The van der Waals surface area contributed by atoms with E-state index in [1.807, 2.05) is 0 Å². The summed E-state index contributed by atoms with van der Waals surface area (Å²) in [6.45, 7) is 3.54. The monoisotopic (exact) mass is 295 g/mol. The number of sulfonamides is 1. The number of benzene rings is 1. The lowest BCUT2D eigenvalue weighted by atomic mass is 10.2. The highest BCUT2D eigenvalue weighted by molar-refractivity contribution is 9.10. The first-order valence-electron chi connectivity index (χ1n) is 4.33. The summed E-state index contributed by atoms with van der Waals surface area (Å²) in [5, 5.41) is 0. The predicted octanol–water partition coefficient (Wildman–Crippen LogP) is 2.19. The van der Waals surface area contributed by atoms with E-state index in [9.17, 15) is 12.8 Å². The Morgan fingerprint density at radius 3 is 2.60 bits per heavy atom. The normalized spacial score (nSPS) is 11.7. The Balaban J connectivity index is 3.33. The largest absolute Gasteiger partial charge is 0.240 e. The molecule has 0 amide bonds. The fraction of sp³-hybridized carbons (Fsp3) is 0.333. The van der Waals surface area contributed by atoms with Gasteiger partial charge < -0.3 is 0 Å². The standard InChI is InChI=1S/C9H11BrFNO2S/c1-3-12-15(13,14)9-5-7(10)8(11)4-6(9)2/h4-5,12H,3H2,1-2H3. The highest BCUT2D eigenvalue weighted by atomic mass is 79.9. The molecule has 0 heterocycles. The lowest BCUT2D eigenvalue weighted by Crippen LogP contribution is -2.24. The van der Waals surface area contributed by atoms with E-state index in [0.29, 0.717) is 12.1 Å². The zero-order valence-electron chi connectivity index (χ0n) is 8.34. The molecular weight excluding hydrogens is 285 g/mol. The van der Waals surface area contributed by atoms with Crippen molar-refractivity contribution < 1.29 is 12.8 Å². The fourth-order valence-electron chi connectivity index (χ4n) is 1.19. The second-order valence-electron chi connectivity index (χ2n) is 3.03. The summed E-state index contributed by atoms with van der Waals surface area (Å²) >= 11 is 2.96. The molecule has 0 atom stereocenters. The van der Waals surface area contributed by atoms with Crippen molar-refractivity contribution in [1.82, 2.24) is 4.72 Å². The molecule has 1 N–H and O–H groups in total. The molecule has 0 radical (unpaired) electrons. The van der Waals surface area contributed by atoms with Crippen LogP contribution in [-0.2, 0) is 10.0 Å². The number of hydrogen-bond donors (Lipinski definition) is 1. The Morgan fingerprint density at radius 1 is 1.47 bits per heavy atom. The second-order valence-corrected chi connectivity index (χ2v) is 5.62. The lowest BCUT2D eigenvalue weighted by molar-refractivity contribution is 0.581. The van der Waals surface area contributed by atoms with Gasteiger partial charge in [0.2, 0.25) is 10.0 Å². The van der Waals surface area contributed by atoms with Crippen LogP contribution >= 0.6 is 15.9 Å². The fourth-order valence-corrected chi connectivity index (χ4v) is 2.97. The molecule has 0 fully saturated rings. The number of halogens is 2.